The molecule has 0 bridgehead atoms. The predicted octanol–water partition coefficient (Wildman–Crippen LogP) is 2.49. The van der Waals surface area contributed by atoms with Gasteiger partial charge in [0.15, 0.2) is 10.9 Å². The summed E-state index contributed by atoms with van der Waals surface area (Å²) in [5.41, 5.74) is -0.236. The van der Waals surface area contributed by atoms with Crippen molar-refractivity contribution < 1.29 is 23.5 Å². The van der Waals surface area contributed by atoms with Crippen LogP contribution in [0.5, 0.6) is 0 Å². The maximum absolute atomic E-state index is 14.8. The zero-order valence-corrected chi connectivity index (χ0v) is 24.0. The second kappa shape index (κ2) is 11.7. The maximum Gasteiger partial charge on any atom is 0.251 e. The molecule has 1 aromatic heterocycles. The molecule has 41 heavy (non-hydrogen) atoms. The number of aromatic nitrogens is 1. The fraction of sp³-hybridized carbons (Fsp3) is 0.467. The van der Waals surface area contributed by atoms with E-state index < -0.39 is 35.4 Å². The van der Waals surface area contributed by atoms with Gasteiger partial charge in [0.2, 0.25) is 11.0 Å². The van der Waals surface area contributed by atoms with E-state index in [-0.39, 0.29) is 35.7 Å². The molecule has 3 aliphatic heterocycles. The number of likely N-dealkylation sites (tertiary alicyclic amines) is 1. The Morgan fingerprint density at radius 2 is 2.05 bits per heavy atom. The molecule has 4 unspecified atom stereocenters. The minimum Gasteiger partial charge on any atom is -0.366 e. The Kier molecular flexibility index (Phi) is 8.27. The van der Waals surface area contributed by atoms with E-state index >= 15 is 0 Å². The number of halogens is 1. The van der Waals surface area contributed by atoms with Gasteiger partial charge in [-0.1, -0.05) is 49.3 Å². The molecule has 4 atom stereocenters. The standard InChI is InChI=1S/C30H34FN5O4S/c1-5-19-16-36(30(6-2)23(37)17-40-25(19)30)28(39)22(15-18(3)4)33-27(38)21-9-7-20(8-10-21)24-26(31)41-29(34-24)35-13-11-32-12-14-35/h1,6-10,18-19,22,25,32H,2,11-17H2,3-4H3,(H,33,38). The van der Waals surface area contributed by atoms with Crippen LogP contribution in [-0.2, 0) is 14.3 Å². The van der Waals surface area contributed by atoms with Crippen molar-refractivity contribution in [1.29, 1.82) is 0 Å². The molecule has 1 aromatic carbocycles. The fourth-order valence-corrected chi connectivity index (χ4v) is 6.72. The highest BCUT2D eigenvalue weighted by Crippen LogP contribution is 2.42. The zero-order chi connectivity index (χ0) is 29.3. The van der Waals surface area contributed by atoms with E-state index in [0.29, 0.717) is 22.7 Å². The summed E-state index contributed by atoms with van der Waals surface area (Å²) >= 11 is 1.01. The Labute approximate surface area is 243 Å². The number of terminal acetylenes is 1. The van der Waals surface area contributed by atoms with Gasteiger partial charge < -0.3 is 25.2 Å². The third-order valence-corrected chi connectivity index (χ3v) is 8.85. The molecule has 3 saturated heterocycles. The predicted molar refractivity (Wildman–Crippen MR) is 155 cm³/mol. The number of nitrogens with one attached hydrogen (secondary N) is 2. The fourth-order valence-electron chi connectivity index (χ4n) is 5.85. The van der Waals surface area contributed by atoms with Gasteiger partial charge in [0.25, 0.3) is 5.91 Å². The lowest BCUT2D eigenvalue weighted by Crippen LogP contribution is -2.59. The summed E-state index contributed by atoms with van der Waals surface area (Å²) < 4.78 is 20.5. The van der Waals surface area contributed by atoms with E-state index in [4.69, 9.17) is 11.2 Å². The first kappa shape index (κ1) is 28.9. The number of rotatable bonds is 8. The average Bonchev–Trinajstić information content (AvgIpc) is 3.63. The van der Waals surface area contributed by atoms with Gasteiger partial charge in [-0.2, -0.15) is 4.39 Å². The van der Waals surface area contributed by atoms with E-state index in [1.54, 1.807) is 24.3 Å². The summed E-state index contributed by atoms with van der Waals surface area (Å²) in [6, 6.07) is 5.58. The number of thiazole rings is 1. The van der Waals surface area contributed by atoms with Crippen molar-refractivity contribution in [3.05, 3.63) is 47.6 Å². The summed E-state index contributed by atoms with van der Waals surface area (Å²) in [5, 5.41) is 6.38. The number of carbonyl (C=O) groups excluding carboxylic acids is 3. The first-order valence-electron chi connectivity index (χ1n) is 13.8. The number of hydrogen-bond donors (Lipinski definition) is 2. The topological polar surface area (TPSA) is 104 Å². The van der Waals surface area contributed by atoms with E-state index in [0.717, 1.165) is 37.5 Å². The molecule has 0 spiro atoms. The average molecular weight is 580 g/mol. The molecular formula is C30H34FN5O4S. The molecule has 2 amide bonds. The van der Waals surface area contributed by atoms with Crippen LogP contribution in [0.25, 0.3) is 11.3 Å². The van der Waals surface area contributed by atoms with Crippen molar-refractivity contribution in [1.82, 2.24) is 20.5 Å². The number of ketones is 1. The SMILES string of the molecule is C#CC1CN(C(=O)C(CC(C)C)NC(=O)c2ccc(-c3nc(N4CCNCC4)sc3F)cc2)C2(C=C)C(=O)COC12. The van der Waals surface area contributed by atoms with Crippen LogP contribution in [-0.4, -0.2) is 84.5 Å². The molecule has 3 aliphatic rings. The third kappa shape index (κ3) is 5.27. The molecule has 5 rings (SSSR count). The van der Waals surface area contributed by atoms with Crippen molar-refractivity contribution in [2.24, 2.45) is 11.8 Å². The van der Waals surface area contributed by atoms with Gasteiger partial charge in [-0.05, 0) is 24.5 Å². The number of anilines is 1. The summed E-state index contributed by atoms with van der Waals surface area (Å²) in [5.74, 6) is 1.11. The molecule has 0 radical (unpaired) electrons. The van der Waals surface area contributed by atoms with Crippen LogP contribution in [0.3, 0.4) is 0 Å². The van der Waals surface area contributed by atoms with Crippen molar-refractivity contribution >= 4 is 34.1 Å². The lowest BCUT2D eigenvalue weighted by atomic mass is 9.87. The summed E-state index contributed by atoms with van der Waals surface area (Å²) in [6.45, 7) is 10.9. The lowest BCUT2D eigenvalue weighted by Gasteiger charge is -2.35. The Morgan fingerprint density at radius 1 is 1.34 bits per heavy atom. The van der Waals surface area contributed by atoms with Gasteiger partial charge in [0.1, 0.15) is 30.0 Å². The Bertz CT molecular complexity index is 1380. The normalized spacial score (nSPS) is 24.7. The first-order chi connectivity index (χ1) is 19.7. The molecule has 4 heterocycles. The van der Waals surface area contributed by atoms with E-state index in [9.17, 15) is 18.8 Å². The molecule has 2 aromatic rings. The second-order valence-corrected chi connectivity index (χ2v) is 11.9. The summed E-state index contributed by atoms with van der Waals surface area (Å²) in [6.07, 6.45) is 6.85. The number of benzene rings is 1. The number of piperazine rings is 1. The van der Waals surface area contributed by atoms with E-state index in [1.807, 2.05) is 13.8 Å². The summed E-state index contributed by atoms with van der Waals surface area (Å²) in [4.78, 5) is 48.2. The van der Waals surface area contributed by atoms with Crippen LogP contribution in [0.2, 0.25) is 0 Å². The number of ether oxygens (including phenoxy) is 1. The molecule has 3 fully saturated rings. The largest absolute Gasteiger partial charge is 0.366 e. The van der Waals surface area contributed by atoms with Gasteiger partial charge in [0.05, 0.1) is 5.92 Å². The minimum absolute atomic E-state index is 0.0705. The van der Waals surface area contributed by atoms with Crippen LogP contribution in [0.15, 0.2) is 36.9 Å². The molecule has 216 valence electrons. The monoisotopic (exact) mass is 579 g/mol. The highest BCUT2D eigenvalue weighted by atomic mass is 32.1. The van der Waals surface area contributed by atoms with Crippen LogP contribution in [0, 0.1) is 29.3 Å². The maximum atomic E-state index is 14.8. The number of Topliss-reactive ketones (excluding diaryl/α,β-unsaturated/α-hetero) is 1. The second-order valence-electron chi connectivity index (χ2n) is 11.0. The molecular weight excluding hydrogens is 545 g/mol. The van der Waals surface area contributed by atoms with Crippen molar-refractivity contribution in [2.45, 2.75) is 38.0 Å². The van der Waals surface area contributed by atoms with Gasteiger partial charge >= 0.3 is 0 Å². The Morgan fingerprint density at radius 3 is 2.68 bits per heavy atom. The van der Waals surface area contributed by atoms with Crippen LogP contribution in [0.4, 0.5) is 9.52 Å². The number of carbonyl (C=O) groups is 3. The molecule has 0 aliphatic carbocycles. The zero-order valence-electron chi connectivity index (χ0n) is 23.2. The summed E-state index contributed by atoms with van der Waals surface area (Å²) in [7, 11) is 0. The third-order valence-electron chi connectivity index (χ3n) is 7.95. The lowest BCUT2D eigenvalue weighted by molar-refractivity contribution is -0.141. The Balaban J connectivity index is 1.34. The van der Waals surface area contributed by atoms with E-state index in [1.165, 1.54) is 11.0 Å². The molecule has 9 nitrogen and oxygen atoms in total. The van der Waals surface area contributed by atoms with E-state index in [2.05, 4.69) is 33.0 Å². The molecule has 0 saturated carbocycles. The first-order valence-corrected chi connectivity index (χ1v) is 14.6. The highest BCUT2D eigenvalue weighted by molar-refractivity contribution is 7.14. The smallest absolute Gasteiger partial charge is 0.251 e. The van der Waals surface area contributed by atoms with Gasteiger partial charge in [-0.3, -0.25) is 14.4 Å². The number of nitrogens with zero attached hydrogens (tertiary/aromatic N) is 3. The van der Waals surface area contributed by atoms with Gasteiger partial charge in [-0.25, -0.2) is 4.98 Å². The van der Waals surface area contributed by atoms with Gasteiger partial charge in [-0.15, -0.1) is 13.0 Å². The number of hydrogen-bond acceptors (Lipinski definition) is 8. The van der Waals surface area contributed by atoms with Crippen molar-refractivity contribution in [3.63, 3.8) is 0 Å². The molecule has 2 N–H and O–H groups in total. The van der Waals surface area contributed by atoms with Crippen molar-refractivity contribution in [3.8, 4) is 23.6 Å². The number of amides is 2. The highest BCUT2D eigenvalue weighted by Gasteiger charge is 2.63. The van der Waals surface area contributed by atoms with Gasteiger partial charge in [0, 0.05) is 43.9 Å². The quantitative estimate of drug-likeness (QED) is 0.366. The minimum atomic E-state index is -1.35. The number of fused-ring (bicyclic) bond motifs is 1. The van der Waals surface area contributed by atoms with Crippen LogP contribution in [0.1, 0.15) is 30.6 Å². The van der Waals surface area contributed by atoms with Crippen LogP contribution >= 0.6 is 11.3 Å². The Hall–Kier alpha value is -3.59. The van der Waals surface area contributed by atoms with Crippen molar-refractivity contribution in [2.75, 3.05) is 44.2 Å². The molecule has 11 heteroatoms. The van der Waals surface area contributed by atoms with Crippen LogP contribution < -0.4 is 15.5 Å².